The van der Waals surface area contributed by atoms with Gasteiger partial charge in [-0.1, -0.05) is 24.3 Å². The van der Waals surface area contributed by atoms with Gasteiger partial charge < -0.3 is 10.4 Å². The Kier molecular flexibility index (Phi) is 6.25. The molecular formula is C19H18FNO3. The van der Waals surface area contributed by atoms with Crippen molar-refractivity contribution in [3.8, 4) is 0 Å². The summed E-state index contributed by atoms with van der Waals surface area (Å²) in [4.78, 5) is 22.3. The lowest BCUT2D eigenvalue weighted by molar-refractivity contribution is -0.137. The van der Waals surface area contributed by atoms with E-state index in [0.717, 1.165) is 5.56 Å². The number of hydrogen-bond acceptors (Lipinski definition) is 2. The van der Waals surface area contributed by atoms with E-state index in [1.54, 1.807) is 30.3 Å². The maximum Gasteiger partial charge on any atom is 0.303 e. The Bertz CT molecular complexity index is 739. The highest BCUT2D eigenvalue weighted by molar-refractivity contribution is 6.01. The highest BCUT2D eigenvalue weighted by Crippen LogP contribution is 2.12. The largest absolute Gasteiger partial charge is 0.481 e. The Balaban J connectivity index is 1.86. The maximum absolute atomic E-state index is 13.0. The molecule has 0 aliphatic carbocycles. The number of carboxylic acids is 1. The molecule has 0 radical (unpaired) electrons. The van der Waals surface area contributed by atoms with Gasteiger partial charge in [-0.2, -0.15) is 0 Å². The van der Waals surface area contributed by atoms with E-state index >= 15 is 0 Å². The van der Waals surface area contributed by atoms with E-state index < -0.39 is 5.97 Å². The lowest BCUT2D eigenvalue weighted by atomic mass is 10.1. The van der Waals surface area contributed by atoms with Gasteiger partial charge in [0.05, 0.1) is 0 Å². The van der Waals surface area contributed by atoms with Crippen LogP contribution in [0.2, 0.25) is 0 Å². The number of amides is 1. The van der Waals surface area contributed by atoms with Crippen LogP contribution in [0.1, 0.15) is 24.0 Å². The molecule has 4 nitrogen and oxygen atoms in total. The molecule has 0 aliphatic heterocycles. The highest BCUT2D eigenvalue weighted by Gasteiger charge is 2.01. The SMILES string of the molecule is O=C(O)CCCc1ccc(NC(=O)/C=C/c2cccc(F)c2)cc1. The van der Waals surface area contributed by atoms with Crippen molar-refractivity contribution in [3.63, 3.8) is 0 Å². The Morgan fingerprint density at radius 3 is 2.54 bits per heavy atom. The molecule has 2 N–H and O–H groups in total. The Morgan fingerprint density at radius 1 is 1.12 bits per heavy atom. The van der Waals surface area contributed by atoms with Crippen molar-refractivity contribution in [3.05, 3.63) is 71.6 Å². The first-order chi connectivity index (χ1) is 11.5. The Morgan fingerprint density at radius 2 is 1.88 bits per heavy atom. The number of aryl methyl sites for hydroxylation is 1. The molecule has 0 bridgehead atoms. The molecule has 5 heteroatoms. The summed E-state index contributed by atoms with van der Waals surface area (Å²) in [6, 6.07) is 13.2. The molecule has 0 atom stereocenters. The minimum atomic E-state index is -0.802. The van der Waals surface area contributed by atoms with Gasteiger partial charge in [0.25, 0.3) is 0 Å². The first-order valence-corrected chi connectivity index (χ1v) is 7.58. The molecule has 2 aromatic carbocycles. The van der Waals surface area contributed by atoms with E-state index in [9.17, 15) is 14.0 Å². The molecule has 0 heterocycles. The second-order valence-corrected chi connectivity index (χ2v) is 5.32. The number of benzene rings is 2. The van der Waals surface area contributed by atoms with E-state index in [4.69, 9.17) is 5.11 Å². The summed E-state index contributed by atoms with van der Waals surface area (Å²) >= 11 is 0. The van der Waals surface area contributed by atoms with E-state index in [1.165, 1.54) is 18.2 Å². The number of nitrogens with one attached hydrogen (secondary N) is 1. The fourth-order valence-electron chi connectivity index (χ4n) is 2.16. The first-order valence-electron chi connectivity index (χ1n) is 7.58. The standard InChI is InChI=1S/C19H18FNO3/c20-16-5-1-4-15(13-16)9-12-18(22)21-17-10-7-14(8-11-17)3-2-6-19(23)24/h1,4-5,7-13H,2-3,6H2,(H,21,22)(H,23,24)/b12-9+. The maximum atomic E-state index is 13.0. The zero-order valence-corrected chi connectivity index (χ0v) is 13.0. The van der Waals surface area contributed by atoms with Crippen molar-refractivity contribution >= 4 is 23.6 Å². The van der Waals surface area contributed by atoms with Crippen LogP contribution in [0.25, 0.3) is 6.08 Å². The molecule has 0 spiro atoms. The van der Waals surface area contributed by atoms with Crippen LogP contribution in [0.5, 0.6) is 0 Å². The van der Waals surface area contributed by atoms with Gasteiger partial charge in [-0.15, -0.1) is 0 Å². The summed E-state index contributed by atoms with van der Waals surface area (Å²) in [5.41, 5.74) is 2.27. The number of carbonyl (C=O) groups is 2. The molecule has 124 valence electrons. The van der Waals surface area contributed by atoms with Crippen LogP contribution in [0, 0.1) is 5.82 Å². The summed E-state index contributed by atoms with van der Waals surface area (Å²) < 4.78 is 13.0. The number of aliphatic carboxylic acids is 1. The fraction of sp³-hybridized carbons (Fsp3) is 0.158. The van der Waals surface area contributed by atoms with Gasteiger partial charge in [0, 0.05) is 18.2 Å². The third-order valence-electron chi connectivity index (χ3n) is 3.35. The summed E-state index contributed by atoms with van der Waals surface area (Å²) in [5.74, 6) is -1.46. The summed E-state index contributed by atoms with van der Waals surface area (Å²) in [6.45, 7) is 0. The van der Waals surface area contributed by atoms with Gasteiger partial charge in [0.1, 0.15) is 5.82 Å². The van der Waals surface area contributed by atoms with Crippen LogP contribution in [-0.2, 0) is 16.0 Å². The molecule has 0 saturated heterocycles. The average Bonchev–Trinajstić information content (AvgIpc) is 2.54. The van der Waals surface area contributed by atoms with E-state index in [2.05, 4.69) is 5.32 Å². The van der Waals surface area contributed by atoms with Gasteiger partial charge in [-0.25, -0.2) is 4.39 Å². The molecule has 2 aromatic rings. The van der Waals surface area contributed by atoms with Crippen molar-refractivity contribution in [1.82, 2.24) is 0 Å². The Hall–Kier alpha value is -2.95. The van der Waals surface area contributed by atoms with E-state index in [1.807, 2.05) is 12.1 Å². The molecule has 0 aliphatic rings. The topological polar surface area (TPSA) is 66.4 Å². The van der Waals surface area contributed by atoms with Gasteiger partial charge in [0.2, 0.25) is 5.91 Å². The van der Waals surface area contributed by atoms with Crippen molar-refractivity contribution < 1.29 is 19.1 Å². The van der Waals surface area contributed by atoms with Crippen LogP contribution in [-0.4, -0.2) is 17.0 Å². The van der Waals surface area contributed by atoms with Crippen LogP contribution in [0.15, 0.2) is 54.6 Å². The number of carboxylic acid groups (broad SMARTS) is 1. The number of rotatable bonds is 7. The molecule has 0 saturated carbocycles. The summed E-state index contributed by atoms with van der Waals surface area (Å²) in [6.07, 6.45) is 4.29. The zero-order chi connectivity index (χ0) is 17.4. The summed E-state index contributed by atoms with van der Waals surface area (Å²) in [5, 5.41) is 11.3. The predicted octanol–water partition coefficient (Wildman–Crippen LogP) is 3.88. The quantitative estimate of drug-likeness (QED) is 0.758. The molecule has 1 amide bonds. The van der Waals surface area contributed by atoms with E-state index in [0.29, 0.717) is 24.1 Å². The third-order valence-corrected chi connectivity index (χ3v) is 3.35. The molecule has 0 fully saturated rings. The average molecular weight is 327 g/mol. The molecular weight excluding hydrogens is 309 g/mol. The van der Waals surface area contributed by atoms with Crippen molar-refractivity contribution in [1.29, 1.82) is 0 Å². The second-order valence-electron chi connectivity index (χ2n) is 5.32. The monoisotopic (exact) mass is 327 g/mol. The lowest BCUT2D eigenvalue weighted by Crippen LogP contribution is -2.07. The number of halogens is 1. The van der Waals surface area contributed by atoms with E-state index in [-0.39, 0.29) is 18.1 Å². The minimum Gasteiger partial charge on any atom is -0.481 e. The van der Waals surface area contributed by atoms with Crippen LogP contribution in [0.4, 0.5) is 10.1 Å². The van der Waals surface area contributed by atoms with Gasteiger partial charge in [-0.3, -0.25) is 9.59 Å². The first kappa shape index (κ1) is 17.4. The highest BCUT2D eigenvalue weighted by atomic mass is 19.1. The third kappa shape index (κ3) is 6.04. The van der Waals surface area contributed by atoms with Crippen molar-refractivity contribution in [2.75, 3.05) is 5.32 Å². The Labute approximate surface area is 139 Å². The van der Waals surface area contributed by atoms with Crippen LogP contribution >= 0.6 is 0 Å². The van der Waals surface area contributed by atoms with Crippen LogP contribution in [0.3, 0.4) is 0 Å². The normalized spacial score (nSPS) is 10.7. The predicted molar refractivity (Wildman–Crippen MR) is 91.1 cm³/mol. The minimum absolute atomic E-state index is 0.142. The number of carbonyl (C=O) groups excluding carboxylic acids is 1. The number of anilines is 1. The van der Waals surface area contributed by atoms with Crippen LogP contribution < -0.4 is 5.32 Å². The smallest absolute Gasteiger partial charge is 0.303 e. The van der Waals surface area contributed by atoms with Crippen molar-refractivity contribution in [2.45, 2.75) is 19.3 Å². The van der Waals surface area contributed by atoms with Gasteiger partial charge in [-0.05, 0) is 54.3 Å². The zero-order valence-electron chi connectivity index (χ0n) is 13.0. The van der Waals surface area contributed by atoms with Crippen molar-refractivity contribution in [2.24, 2.45) is 0 Å². The fourth-order valence-corrected chi connectivity index (χ4v) is 2.16. The molecule has 2 rings (SSSR count). The second kappa shape index (κ2) is 8.62. The number of hydrogen-bond donors (Lipinski definition) is 2. The van der Waals surface area contributed by atoms with Gasteiger partial charge in [0.15, 0.2) is 0 Å². The summed E-state index contributed by atoms with van der Waals surface area (Å²) in [7, 11) is 0. The molecule has 0 unspecified atom stereocenters. The lowest BCUT2D eigenvalue weighted by Gasteiger charge is -2.04. The van der Waals surface area contributed by atoms with Gasteiger partial charge >= 0.3 is 5.97 Å². The molecule has 0 aromatic heterocycles. The molecule has 24 heavy (non-hydrogen) atoms.